The third-order valence-corrected chi connectivity index (χ3v) is 2.97. The summed E-state index contributed by atoms with van der Waals surface area (Å²) in [6.07, 6.45) is 0. The molecule has 1 fully saturated rings. The monoisotopic (exact) mass is 250 g/mol. The Balaban J connectivity index is 1.80. The summed E-state index contributed by atoms with van der Waals surface area (Å²) < 4.78 is 0. The Morgan fingerprint density at radius 1 is 1.17 bits per heavy atom. The van der Waals surface area contributed by atoms with Crippen LogP contribution in [0.15, 0.2) is 30.3 Å². The summed E-state index contributed by atoms with van der Waals surface area (Å²) in [5.41, 5.74) is 0.565. The predicted molar refractivity (Wildman–Crippen MR) is 67.0 cm³/mol. The molecule has 0 aromatic heterocycles. The molecule has 1 saturated heterocycles. The molecular formula is C13H18N2O3. The smallest absolute Gasteiger partial charge is 0.357 e. The summed E-state index contributed by atoms with van der Waals surface area (Å²) >= 11 is 0. The van der Waals surface area contributed by atoms with E-state index in [1.54, 1.807) is 17.2 Å². The molecular weight excluding hydrogens is 232 g/mol. The fourth-order valence-electron chi connectivity index (χ4n) is 1.93. The topological polar surface area (TPSA) is 53.0 Å². The van der Waals surface area contributed by atoms with Crippen LogP contribution in [0.1, 0.15) is 10.4 Å². The van der Waals surface area contributed by atoms with Crippen molar-refractivity contribution < 1.29 is 14.7 Å². The Labute approximate surface area is 107 Å². The van der Waals surface area contributed by atoms with Gasteiger partial charge in [0, 0.05) is 32.7 Å². The first kappa shape index (κ1) is 13.0. The molecule has 18 heavy (non-hydrogen) atoms. The van der Waals surface area contributed by atoms with E-state index in [2.05, 4.69) is 4.90 Å². The van der Waals surface area contributed by atoms with Gasteiger partial charge in [-0.3, -0.25) is 4.90 Å². The van der Waals surface area contributed by atoms with Gasteiger partial charge in [0.05, 0.1) is 12.2 Å². The van der Waals surface area contributed by atoms with Crippen molar-refractivity contribution in [1.82, 2.24) is 9.96 Å². The summed E-state index contributed by atoms with van der Waals surface area (Å²) in [4.78, 5) is 19.3. The molecule has 1 aliphatic heterocycles. The third kappa shape index (κ3) is 3.53. The Morgan fingerprint density at radius 2 is 1.83 bits per heavy atom. The van der Waals surface area contributed by atoms with E-state index in [1.807, 2.05) is 18.2 Å². The van der Waals surface area contributed by atoms with Gasteiger partial charge in [-0.15, -0.1) is 5.06 Å². The van der Waals surface area contributed by atoms with Crippen LogP contribution in [-0.4, -0.2) is 60.4 Å². The molecule has 1 aromatic rings. The third-order valence-electron chi connectivity index (χ3n) is 2.97. The first-order chi connectivity index (χ1) is 8.79. The van der Waals surface area contributed by atoms with E-state index in [0.717, 1.165) is 13.1 Å². The fraction of sp³-hybridized carbons (Fsp3) is 0.462. The number of aliphatic hydroxyl groups is 1. The van der Waals surface area contributed by atoms with Crippen LogP contribution < -0.4 is 0 Å². The van der Waals surface area contributed by atoms with E-state index in [-0.39, 0.29) is 12.6 Å². The molecule has 0 saturated carbocycles. The summed E-state index contributed by atoms with van der Waals surface area (Å²) in [7, 11) is 0. The molecule has 0 aliphatic carbocycles. The van der Waals surface area contributed by atoms with E-state index in [4.69, 9.17) is 9.94 Å². The molecule has 1 heterocycles. The van der Waals surface area contributed by atoms with Crippen molar-refractivity contribution in [3.8, 4) is 0 Å². The highest BCUT2D eigenvalue weighted by Crippen LogP contribution is 2.06. The van der Waals surface area contributed by atoms with Gasteiger partial charge in [0.1, 0.15) is 0 Å². The lowest BCUT2D eigenvalue weighted by Gasteiger charge is -2.32. The van der Waals surface area contributed by atoms with E-state index in [1.165, 1.54) is 0 Å². The Kier molecular flexibility index (Phi) is 4.69. The van der Waals surface area contributed by atoms with E-state index >= 15 is 0 Å². The van der Waals surface area contributed by atoms with Crippen LogP contribution in [0.3, 0.4) is 0 Å². The largest absolute Gasteiger partial charge is 0.395 e. The van der Waals surface area contributed by atoms with Crippen molar-refractivity contribution >= 4 is 5.97 Å². The summed E-state index contributed by atoms with van der Waals surface area (Å²) in [5, 5.41) is 10.5. The highest BCUT2D eigenvalue weighted by molar-refractivity contribution is 5.89. The zero-order chi connectivity index (χ0) is 12.8. The van der Waals surface area contributed by atoms with Crippen LogP contribution in [0.25, 0.3) is 0 Å². The van der Waals surface area contributed by atoms with Crippen molar-refractivity contribution in [3.05, 3.63) is 35.9 Å². The van der Waals surface area contributed by atoms with Crippen molar-refractivity contribution in [2.45, 2.75) is 0 Å². The van der Waals surface area contributed by atoms with Gasteiger partial charge in [0.25, 0.3) is 0 Å². The Morgan fingerprint density at radius 3 is 2.44 bits per heavy atom. The van der Waals surface area contributed by atoms with Crippen LogP contribution in [0.2, 0.25) is 0 Å². The number of piperazine rings is 1. The van der Waals surface area contributed by atoms with Crippen LogP contribution in [0.5, 0.6) is 0 Å². The molecule has 0 bridgehead atoms. The maximum atomic E-state index is 11.8. The predicted octanol–water partition coefficient (Wildman–Crippen LogP) is 0.368. The molecule has 0 atom stereocenters. The van der Waals surface area contributed by atoms with Gasteiger partial charge in [-0.05, 0) is 12.1 Å². The Bertz CT molecular complexity index is 375. The minimum atomic E-state index is -0.314. The molecule has 0 radical (unpaired) electrons. The summed E-state index contributed by atoms with van der Waals surface area (Å²) in [6, 6.07) is 8.98. The summed E-state index contributed by atoms with van der Waals surface area (Å²) in [5.74, 6) is -0.314. The second kappa shape index (κ2) is 6.49. The average molecular weight is 250 g/mol. The number of β-amino-alcohol motifs (C(OH)–C–C–N with tert-alkyl or cyclic N) is 1. The van der Waals surface area contributed by atoms with Gasteiger partial charge in [0.2, 0.25) is 0 Å². The quantitative estimate of drug-likeness (QED) is 0.836. The number of rotatable bonds is 4. The normalized spacial score (nSPS) is 17.6. The van der Waals surface area contributed by atoms with Crippen LogP contribution in [-0.2, 0) is 4.84 Å². The van der Waals surface area contributed by atoms with Crippen molar-refractivity contribution in [3.63, 3.8) is 0 Å². The molecule has 0 unspecified atom stereocenters. The SMILES string of the molecule is O=C(ON1CCN(CCO)CC1)c1ccccc1. The first-order valence-corrected chi connectivity index (χ1v) is 6.15. The maximum absolute atomic E-state index is 11.8. The highest BCUT2D eigenvalue weighted by atomic mass is 16.7. The lowest BCUT2D eigenvalue weighted by molar-refractivity contribution is -0.130. The van der Waals surface area contributed by atoms with Gasteiger partial charge < -0.3 is 9.94 Å². The lowest BCUT2D eigenvalue weighted by atomic mass is 10.2. The number of benzene rings is 1. The average Bonchev–Trinajstić information content (AvgIpc) is 2.42. The second-order valence-electron chi connectivity index (χ2n) is 4.24. The fourth-order valence-corrected chi connectivity index (χ4v) is 1.93. The molecule has 1 aromatic carbocycles. The van der Waals surface area contributed by atoms with Gasteiger partial charge in [-0.2, -0.15) is 0 Å². The van der Waals surface area contributed by atoms with E-state index < -0.39 is 0 Å². The number of hydrogen-bond donors (Lipinski definition) is 1. The Hall–Kier alpha value is -1.43. The van der Waals surface area contributed by atoms with E-state index in [0.29, 0.717) is 25.2 Å². The van der Waals surface area contributed by atoms with Crippen LogP contribution in [0, 0.1) is 0 Å². The number of hydroxylamine groups is 2. The first-order valence-electron chi connectivity index (χ1n) is 6.15. The minimum Gasteiger partial charge on any atom is -0.395 e. The molecule has 1 N–H and O–H groups in total. The van der Waals surface area contributed by atoms with Gasteiger partial charge >= 0.3 is 5.97 Å². The standard InChI is InChI=1S/C13H18N2O3/c16-11-10-14-6-8-15(9-7-14)18-13(17)12-4-2-1-3-5-12/h1-5,16H,6-11H2. The molecule has 0 spiro atoms. The minimum absolute atomic E-state index is 0.170. The summed E-state index contributed by atoms with van der Waals surface area (Å²) in [6.45, 7) is 3.83. The van der Waals surface area contributed by atoms with E-state index in [9.17, 15) is 4.79 Å². The number of aliphatic hydroxyl groups excluding tert-OH is 1. The van der Waals surface area contributed by atoms with Crippen molar-refractivity contribution in [1.29, 1.82) is 0 Å². The maximum Gasteiger partial charge on any atom is 0.357 e. The molecule has 1 aliphatic rings. The van der Waals surface area contributed by atoms with Crippen molar-refractivity contribution in [2.24, 2.45) is 0 Å². The number of nitrogens with zero attached hydrogens (tertiary/aromatic N) is 2. The van der Waals surface area contributed by atoms with Crippen LogP contribution in [0.4, 0.5) is 0 Å². The molecule has 98 valence electrons. The second-order valence-corrected chi connectivity index (χ2v) is 4.24. The highest BCUT2D eigenvalue weighted by Gasteiger charge is 2.20. The zero-order valence-electron chi connectivity index (χ0n) is 10.3. The molecule has 0 amide bonds. The van der Waals surface area contributed by atoms with Gasteiger partial charge in [-0.1, -0.05) is 18.2 Å². The van der Waals surface area contributed by atoms with Crippen molar-refractivity contribution in [2.75, 3.05) is 39.3 Å². The lowest BCUT2D eigenvalue weighted by Crippen LogP contribution is -2.47. The number of carbonyl (C=O) groups is 1. The van der Waals surface area contributed by atoms with Crippen LogP contribution >= 0.6 is 0 Å². The molecule has 2 rings (SSSR count). The van der Waals surface area contributed by atoms with Gasteiger partial charge in [-0.25, -0.2) is 4.79 Å². The molecule has 5 nitrogen and oxygen atoms in total. The van der Waals surface area contributed by atoms with Gasteiger partial charge in [0.15, 0.2) is 0 Å². The zero-order valence-corrected chi connectivity index (χ0v) is 10.3. The number of hydrogen-bond acceptors (Lipinski definition) is 5. The molecule has 5 heteroatoms. The number of carbonyl (C=O) groups excluding carboxylic acids is 1.